The Morgan fingerprint density at radius 2 is 2.14 bits per heavy atom. The van der Waals surface area contributed by atoms with E-state index in [1.54, 1.807) is 0 Å². The van der Waals surface area contributed by atoms with E-state index in [1.807, 2.05) is 0 Å². The Morgan fingerprint density at radius 3 is 2.64 bits per heavy atom. The Kier molecular flexibility index (Phi) is 2.66. The first-order valence-corrected chi connectivity index (χ1v) is 3.66. The van der Waals surface area contributed by atoms with Gasteiger partial charge in [-0.1, -0.05) is 11.6 Å². The van der Waals surface area contributed by atoms with E-state index in [4.69, 9.17) is 16.7 Å². The highest BCUT2D eigenvalue weighted by atomic mass is 35.5. The zero-order valence-corrected chi connectivity index (χ0v) is 7.23. The van der Waals surface area contributed by atoms with Crippen molar-refractivity contribution in [2.45, 2.75) is 5.92 Å². The van der Waals surface area contributed by atoms with E-state index >= 15 is 0 Å². The predicted molar refractivity (Wildman–Crippen MR) is 40.7 cm³/mol. The van der Waals surface area contributed by atoms with Crippen LogP contribution in [0, 0.1) is 5.82 Å². The molecule has 0 bridgehead atoms. The van der Waals surface area contributed by atoms with E-state index in [0.717, 1.165) is 0 Å². The Hall–Kier alpha value is -1.30. The fourth-order valence-electron chi connectivity index (χ4n) is 0.758. The maximum Gasteiger partial charge on any atom is 0.379 e. The van der Waals surface area contributed by atoms with E-state index < -0.39 is 28.4 Å². The monoisotopic (exact) mass is 225 g/mol. The second-order valence-corrected chi connectivity index (χ2v) is 2.73. The Labute approximate surface area is 81.1 Å². The second-order valence-electron chi connectivity index (χ2n) is 2.37. The number of halogens is 4. The lowest BCUT2D eigenvalue weighted by Gasteiger charge is -2.11. The molecule has 0 spiro atoms. The average Bonchev–Trinajstić information content (AvgIpc) is 2.08. The van der Waals surface area contributed by atoms with Crippen molar-refractivity contribution in [2.75, 3.05) is 0 Å². The minimum absolute atomic E-state index is 0.337. The minimum Gasteiger partial charge on any atom is -0.477 e. The van der Waals surface area contributed by atoms with E-state index in [1.165, 1.54) is 0 Å². The van der Waals surface area contributed by atoms with Crippen LogP contribution in [0.4, 0.5) is 13.2 Å². The first kappa shape index (κ1) is 10.8. The van der Waals surface area contributed by atoms with Crippen molar-refractivity contribution >= 4 is 17.6 Å². The molecule has 1 aromatic heterocycles. The summed E-state index contributed by atoms with van der Waals surface area (Å²) in [5, 5.41) is 7.41. The van der Waals surface area contributed by atoms with Gasteiger partial charge < -0.3 is 5.11 Å². The summed E-state index contributed by atoms with van der Waals surface area (Å²) in [7, 11) is 0. The normalized spacial score (nSPS) is 11.4. The molecule has 0 radical (unpaired) electrons. The van der Waals surface area contributed by atoms with Gasteiger partial charge in [0.05, 0.1) is 11.8 Å². The molecular formula is C7H3ClF3NO2. The SMILES string of the molecule is O=C(O)C(F)(F)c1cc(F)cnc1Cl. The van der Waals surface area contributed by atoms with Gasteiger partial charge in [-0.15, -0.1) is 0 Å². The van der Waals surface area contributed by atoms with Gasteiger partial charge in [0.15, 0.2) is 0 Å². The van der Waals surface area contributed by atoms with E-state index in [2.05, 4.69) is 4.98 Å². The van der Waals surface area contributed by atoms with Crippen molar-refractivity contribution in [3.63, 3.8) is 0 Å². The van der Waals surface area contributed by atoms with Crippen LogP contribution in [0.1, 0.15) is 5.56 Å². The number of rotatable bonds is 2. The van der Waals surface area contributed by atoms with Gasteiger partial charge in [-0.25, -0.2) is 14.2 Å². The fraction of sp³-hybridized carbons (Fsp3) is 0.143. The van der Waals surface area contributed by atoms with Crippen LogP contribution in [0.5, 0.6) is 0 Å². The summed E-state index contributed by atoms with van der Waals surface area (Å²) in [5.74, 6) is -7.73. The van der Waals surface area contributed by atoms with Crippen molar-refractivity contribution in [3.8, 4) is 0 Å². The van der Waals surface area contributed by atoms with E-state index in [-0.39, 0.29) is 0 Å². The number of carboxylic acid groups (broad SMARTS) is 1. The van der Waals surface area contributed by atoms with Crippen LogP contribution >= 0.6 is 11.6 Å². The molecule has 0 atom stereocenters. The highest BCUT2D eigenvalue weighted by molar-refractivity contribution is 6.30. The molecule has 0 aliphatic heterocycles. The Bertz CT molecular complexity index is 383. The first-order valence-electron chi connectivity index (χ1n) is 3.28. The van der Waals surface area contributed by atoms with Crippen LogP contribution in [0.25, 0.3) is 0 Å². The first-order chi connectivity index (χ1) is 6.35. The molecule has 1 rings (SSSR count). The molecule has 0 aliphatic rings. The third-order valence-corrected chi connectivity index (χ3v) is 1.71. The summed E-state index contributed by atoms with van der Waals surface area (Å²) in [5.41, 5.74) is -1.16. The number of nitrogens with zero attached hydrogens (tertiary/aromatic N) is 1. The molecule has 0 unspecified atom stereocenters. The number of hydrogen-bond acceptors (Lipinski definition) is 2. The van der Waals surface area contributed by atoms with Gasteiger partial charge in [0.2, 0.25) is 0 Å². The van der Waals surface area contributed by atoms with E-state index in [0.29, 0.717) is 12.3 Å². The van der Waals surface area contributed by atoms with Crippen molar-refractivity contribution < 1.29 is 23.1 Å². The third-order valence-electron chi connectivity index (χ3n) is 1.41. The van der Waals surface area contributed by atoms with Crippen LogP contribution in [0.3, 0.4) is 0 Å². The lowest BCUT2D eigenvalue weighted by Crippen LogP contribution is -2.26. The van der Waals surface area contributed by atoms with Crippen molar-refractivity contribution in [2.24, 2.45) is 0 Å². The van der Waals surface area contributed by atoms with Crippen LogP contribution in [-0.4, -0.2) is 16.1 Å². The van der Waals surface area contributed by atoms with Crippen LogP contribution in [0.15, 0.2) is 12.3 Å². The highest BCUT2D eigenvalue weighted by Crippen LogP contribution is 2.32. The second kappa shape index (κ2) is 3.45. The maximum atomic E-state index is 12.8. The molecule has 0 aliphatic carbocycles. The highest BCUT2D eigenvalue weighted by Gasteiger charge is 2.43. The van der Waals surface area contributed by atoms with Gasteiger partial charge >= 0.3 is 11.9 Å². The molecule has 3 nitrogen and oxygen atoms in total. The van der Waals surface area contributed by atoms with Gasteiger partial charge in [0.1, 0.15) is 11.0 Å². The Morgan fingerprint density at radius 1 is 1.57 bits per heavy atom. The van der Waals surface area contributed by atoms with Crippen molar-refractivity contribution in [1.82, 2.24) is 4.98 Å². The molecule has 1 aromatic rings. The Balaban J connectivity index is 3.31. The molecule has 0 fully saturated rings. The summed E-state index contributed by atoms with van der Waals surface area (Å²) in [6.45, 7) is 0. The smallest absolute Gasteiger partial charge is 0.379 e. The molecule has 0 saturated carbocycles. The van der Waals surface area contributed by atoms with Gasteiger partial charge in [-0.2, -0.15) is 8.78 Å². The molecule has 0 amide bonds. The molecule has 7 heteroatoms. The van der Waals surface area contributed by atoms with Gasteiger partial charge in [-0.05, 0) is 6.07 Å². The third kappa shape index (κ3) is 1.79. The number of carbonyl (C=O) groups is 1. The number of aromatic nitrogens is 1. The van der Waals surface area contributed by atoms with Gasteiger partial charge in [0.25, 0.3) is 0 Å². The van der Waals surface area contributed by atoms with Crippen LogP contribution < -0.4 is 0 Å². The number of hydrogen-bond donors (Lipinski definition) is 1. The molecule has 14 heavy (non-hydrogen) atoms. The average molecular weight is 226 g/mol. The van der Waals surface area contributed by atoms with Crippen LogP contribution in [0.2, 0.25) is 5.15 Å². The van der Waals surface area contributed by atoms with Gasteiger partial charge in [-0.3, -0.25) is 0 Å². The number of carboxylic acids is 1. The molecule has 0 saturated heterocycles. The maximum absolute atomic E-state index is 12.8. The summed E-state index contributed by atoms with van der Waals surface area (Å²) in [6.07, 6.45) is 0.615. The number of pyridine rings is 1. The predicted octanol–water partition coefficient (Wildman–Crippen LogP) is 2.05. The molecule has 0 aromatic carbocycles. The van der Waals surface area contributed by atoms with Crippen molar-refractivity contribution in [3.05, 3.63) is 28.8 Å². The number of alkyl halides is 2. The molecule has 1 N–H and O–H groups in total. The summed E-state index contributed by atoms with van der Waals surface area (Å²) in [4.78, 5) is 13.2. The summed E-state index contributed by atoms with van der Waals surface area (Å²) >= 11 is 5.20. The van der Waals surface area contributed by atoms with E-state index in [9.17, 15) is 18.0 Å². The summed E-state index contributed by atoms with van der Waals surface area (Å²) < 4.78 is 38.2. The van der Waals surface area contributed by atoms with Gasteiger partial charge in [0, 0.05) is 0 Å². The standard InChI is InChI=1S/C7H3ClF3NO2/c8-5-4(1-3(9)2-12-5)7(10,11)6(13)14/h1-2H,(H,13,14). The zero-order valence-electron chi connectivity index (χ0n) is 6.47. The lowest BCUT2D eigenvalue weighted by atomic mass is 10.1. The minimum atomic E-state index is -4.24. The summed E-state index contributed by atoms with van der Waals surface area (Å²) in [6, 6.07) is 0.337. The molecule has 1 heterocycles. The quantitative estimate of drug-likeness (QED) is 0.784. The fourth-order valence-corrected chi connectivity index (χ4v) is 0.980. The number of aliphatic carboxylic acids is 1. The van der Waals surface area contributed by atoms with Crippen LogP contribution in [-0.2, 0) is 10.7 Å². The van der Waals surface area contributed by atoms with Crippen molar-refractivity contribution in [1.29, 1.82) is 0 Å². The molecule has 76 valence electrons. The topological polar surface area (TPSA) is 50.2 Å². The zero-order chi connectivity index (χ0) is 10.9. The molecular weight excluding hydrogens is 223 g/mol. The largest absolute Gasteiger partial charge is 0.477 e. The lowest BCUT2D eigenvalue weighted by molar-refractivity contribution is -0.166.